The first-order valence-electron chi connectivity index (χ1n) is 28.4. The average Bonchev–Trinajstić information content (AvgIpc) is 3.31. The minimum Gasteiger partial charge on any atom is -0.466 e. The summed E-state index contributed by atoms with van der Waals surface area (Å²) in [6.07, 6.45) is 68.4. The number of amides is 1. The van der Waals surface area contributed by atoms with E-state index in [4.69, 9.17) is 4.74 Å². The Kier molecular flexibility index (Phi) is 52.6. The van der Waals surface area contributed by atoms with Gasteiger partial charge in [-0.25, -0.2) is 0 Å². The molecule has 0 aromatic carbocycles. The Morgan fingerprint density at radius 3 is 1.22 bits per heavy atom. The molecule has 2 unspecified atom stereocenters. The minimum atomic E-state index is -0.855. The lowest BCUT2D eigenvalue weighted by molar-refractivity contribution is -0.143. The molecule has 0 saturated carbocycles. The first-order valence-corrected chi connectivity index (χ1v) is 28.4. The summed E-state index contributed by atoms with van der Waals surface area (Å²) < 4.78 is 5.48. The number of hydrogen-bond donors (Lipinski definition) is 3. The van der Waals surface area contributed by atoms with Crippen LogP contribution in [0, 0.1) is 0 Å². The van der Waals surface area contributed by atoms with E-state index < -0.39 is 12.1 Å². The molecule has 0 bridgehead atoms. The van der Waals surface area contributed by atoms with Gasteiger partial charge in [0.15, 0.2) is 0 Å². The molecule has 3 N–H and O–H groups in total. The summed E-state index contributed by atoms with van der Waals surface area (Å²) in [7, 11) is 0. The predicted molar refractivity (Wildman–Crippen MR) is 282 cm³/mol. The van der Waals surface area contributed by atoms with Crippen molar-refractivity contribution in [2.24, 2.45) is 0 Å². The third-order valence-electron chi connectivity index (χ3n) is 12.8. The van der Waals surface area contributed by atoms with Gasteiger partial charge in [-0.2, -0.15) is 0 Å². The van der Waals surface area contributed by atoms with Gasteiger partial charge in [-0.05, 0) is 89.9 Å². The maximum Gasteiger partial charge on any atom is 0.305 e. The Morgan fingerprint density at radius 1 is 0.431 bits per heavy atom. The highest BCUT2D eigenvalue weighted by molar-refractivity contribution is 5.76. The van der Waals surface area contributed by atoms with E-state index in [2.05, 4.69) is 55.6 Å². The van der Waals surface area contributed by atoms with Crippen LogP contribution in [0.25, 0.3) is 0 Å². The number of esters is 1. The fourth-order valence-corrected chi connectivity index (χ4v) is 8.42. The second-order valence-electron chi connectivity index (χ2n) is 19.3. The number of hydrogen-bond acceptors (Lipinski definition) is 5. The predicted octanol–water partition coefficient (Wildman–Crippen LogP) is 17.4. The zero-order chi connectivity index (χ0) is 47.2. The monoisotopic (exact) mass is 912 g/mol. The van der Waals surface area contributed by atoms with Crippen molar-refractivity contribution in [2.75, 3.05) is 13.2 Å². The van der Waals surface area contributed by atoms with Crippen molar-refractivity contribution in [2.45, 2.75) is 302 Å². The normalized spacial score (nSPS) is 13.0. The molecule has 0 aliphatic rings. The zero-order valence-corrected chi connectivity index (χ0v) is 43.2. The van der Waals surface area contributed by atoms with Crippen LogP contribution >= 0.6 is 0 Å². The summed E-state index contributed by atoms with van der Waals surface area (Å²) in [5.41, 5.74) is 0. The number of carbonyl (C=O) groups excluding carboxylic acids is 2. The fourth-order valence-electron chi connectivity index (χ4n) is 8.42. The van der Waals surface area contributed by atoms with Gasteiger partial charge in [-0.1, -0.05) is 236 Å². The van der Waals surface area contributed by atoms with Crippen LogP contribution in [0.15, 0.2) is 48.6 Å². The van der Waals surface area contributed by atoms with E-state index in [9.17, 15) is 19.8 Å². The molecule has 0 aliphatic carbocycles. The van der Waals surface area contributed by atoms with Crippen LogP contribution in [0.3, 0.4) is 0 Å². The van der Waals surface area contributed by atoms with E-state index in [1.807, 2.05) is 6.08 Å². The Labute approximate surface area is 404 Å². The molecule has 0 aromatic heterocycles. The van der Waals surface area contributed by atoms with E-state index in [1.54, 1.807) is 6.08 Å². The summed E-state index contributed by atoms with van der Waals surface area (Å²) in [5.74, 6) is -0.0945. The maximum atomic E-state index is 12.4. The number of carbonyl (C=O) groups is 2. The number of aliphatic hydroxyl groups excluding tert-OH is 2. The number of allylic oxidation sites excluding steroid dienone is 7. The molecule has 1 amide bonds. The topological polar surface area (TPSA) is 95.9 Å². The van der Waals surface area contributed by atoms with Crippen LogP contribution in [0.5, 0.6) is 0 Å². The first kappa shape index (κ1) is 62.8. The van der Waals surface area contributed by atoms with E-state index in [-0.39, 0.29) is 18.5 Å². The Bertz CT molecular complexity index is 1100. The lowest BCUT2D eigenvalue weighted by Crippen LogP contribution is -2.45. The molecule has 0 fully saturated rings. The second-order valence-corrected chi connectivity index (χ2v) is 19.3. The van der Waals surface area contributed by atoms with Crippen LogP contribution in [-0.2, 0) is 14.3 Å². The molecule has 0 radical (unpaired) electrons. The van der Waals surface area contributed by atoms with E-state index in [0.717, 1.165) is 70.6 Å². The summed E-state index contributed by atoms with van der Waals surface area (Å²) in [4.78, 5) is 24.5. The molecule has 2 atom stereocenters. The first-order chi connectivity index (χ1) is 32.0. The summed E-state index contributed by atoms with van der Waals surface area (Å²) >= 11 is 0. The Balaban J connectivity index is 3.48. The molecule has 0 spiro atoms. The molecule has 0 rings (SSSR count). The molecular formula is C59H109NO5. The van der Waals surface area contributed by atoms with Gasteiger partial charge in [-0.3, -0.25) is 9.59 Å². The molecule has 0 saturated heterocycles. The molecule has 6 nitrogen and oxygen atoms in total. The molecular weight excluding hydrogens is 803 g/mol. The lowest BCUT2D eigenvalue weighted by Gasteiger charge is -2.20. The largest absolute Gasteiger partial charge is 0.466 e. The van der Waals surface area contributed by atoms with Crippen molar-refractivity contribution in [1.82, 2.24) is 5.32 Å². The standard InChI is InChI=1S/C59H109NO5/c1-3-5-7-9-11-13-15-17-18-19-20-21-25-29-33-37-41-45-49-53-59(64)65-54-50-46-42-38-34-30-26-23-22-24-28-32-36-40-44-48-52-58(63)60-56(55-61)57(62)51-47-43-39-35-31-27-16-14-12-10-8-6-4-2/h11,13,17-18,22,24,47,51,56-57,61-62H,3-10,12,14-16,19-21,23,25-46,48-50,52-55H2,1-2H3,(H,60,63)/b13-11-,18-17-,24-22-,51-47+. The number of unbranched alkanes of at least 4 members (excludes halogenated alkanes) is 35. The third-order valence-corrected chi connectivity index (χ3v) is 12.8. The number of aliphatic hydroxyl groups is 2. The van der Waals surface area contributed by atoms with Crippen molar-refractivity contribution >= 4 is 11.9 Å². The Morgan fingerprint density at radius 2 is 0.769 bits per heavy atom. The molecule has 0 aromatic rings. The highest BCUT2D eigenvalue weighted by atomic mass is 16.5. The van der Waals surface area contributed by atoms with Crippen molar-refractivity contribution in [3.63, 3.8) is 0 Å². The van der Waals surface area contributed by atoms with Gasteiger partial charge in [0.25, 0.3) is 0 Å². The van der Waals surface area contributed by atoms with Crippen LogP contribution in [0.2, 0.25) is 0 Å². The second kappa shape index (κ2) is 54.4. The quantitative estimate of drug-likeness (QED) is 0.0321. The summed E-state index contributed by atoms with van der Waals surface area (Å²) in [6.45, 7) is 4.85. The van der Waals surface area contributed by atoms with Gasteiger partial charge in [-0.15, -0.1) is 0 Å². The third kappa shape index (κ3) is 51.1. The van der Waals surface area contributed by atoms with Crippen molar-refractivity contribution in [1.29, 1.82) is 0 Å². The molecule has 65 heavy (non-hydrogen) atoms. The van der Waals surface area contributed by atoms with Crippen molar-refractivity contribution in [3.05, 3.63) is 48.6 Å². The Hall–Kier alpha value is -2.18. The van der Waals surface area contributed by atoms with Gasteiger partial charge in [0, 0.05) is 12.8 Å². The molecule has 380 valence electrons. The van der Waals surface area contributed by atoms with Crippen LogP contribution in [-0.4, -0.2) is 47.4 Å². The number of rotatable bonds is 52. The average molecular weight is 913 g/mol. The van der Waals surface area contributed by atoms with E-state index in [1.165, 1.54) is 193 Å². The van der Waals surface area contributed by atoms with E-state index >= 15 is 0 Å². The van der Waals surface area contributed by atoms with Gasteiger partial charge < -0.3 is 20.3 Å². The van der Waals surface area contributed by atoms with Gasteiger partial charge in [0.1, 0.15) is 0 Å². The molecule has 0 heterocycles. The highest BCUT2D eigenvalue weighted by Crippen LogP contribution is 2.15. The van der Waals surface area contributed by atoms with Crippen LogP contribution < -0.4 is 5.32 Å². The zero-order valence-electron chi connectivity index (χ0n) is 43.2. The lowest BCUT2D eigenvalue weighted by atomic mass is 10.0. The highest BCUT2D eigenvalue weighted by Gasteiger charge is 2.18. The van der Waals surface area contributed by atoms with Gasteiger partial charge >= 0.3 is 5.97 Å². The molecule has 0 aliphatic heterocycles. The summed E-state index contributed by atoms with van der Waals surface area (Å²) in [5, 5.41) is 23.0. The van der Waals surface area contributed by atoms with E-state index in [0.29, 0.717) is 19.4 Å². The van der Waals surface area contributed by atoms with Gasteiger partial charge in [0.05, 0.1) is 25.4 Å². The fraction of sp³-hybridized carbons (Fsp3) is 0.831. The van der Waals surface area contributed by atoms with Crippen molar-refractivity contribution < 1.29 is 24.5 Å². The molecule has 6 heteroatoms. The van der Waals surface area contributed by atoms with Crippen molar-refractivity contribution in [3.8, 4) is 0 Å². The smallest absolute Gasteiger partial charge is 0.305 e. The van der Waals surface area contributed by atoms with Crippen LogP contribution in [0.4, 0.5) is 0 Å². The number of ether oxygens (including phenoxy) is 1. The summed E-state index contributed by atoms with van der Waals surface area (Å²) in [6, 6.07) is -0.640. The number of nitrogens with one attached hydrogen (secondary N) is 1. The SMILES string of the molecule is CCCCC/C=C\C/C=C\CCCCCCCCCCCC(=O)OCCCCCCCCC/C=C\CCCCCCCC(=O)NC(CO)C(O)/C=C/CCCCCCCCCCCCC. The minimum absolute atomic E-state index is 0.00828. The van der Waals surface area contributed by atoms with Gasteiger partial charge in [0.2, 0.25) is 5.91 Å². The maximum absolute atomic E-state index is 12.4. The van der Waals surface area contributed by atoms with Crippen LogP contribution in [0.1, 0.15) is 290 Å².